The first-order valence-electron chi connectivity index (χ1n) is 7.01. The number of ether oxygens (including phenoxy) is 1. The molecule has 2 atom stereocenters. The van der Waals surface area contributed by atoms with Crippen molar-refractivity contribution in [1.82, 2.24) is 0 Å². The molecule has 0 fully saturated rings. The van der Waals surface area contributed by atoms with Gasteiger partial charge in [0.2, 0.25) is 11.8 Å². The first-order chi connectivity index (χ1) is 9.93. The van der Waals surface area contributed by atoms with Gasteiger partial charge >= 0.3 is 0 Å². The number of anilines is 1. The van der Waals surface area contributed by atoms with E-state index in [1.165, 1.54) is 0 Å². The Morgan fingerprint density at radius 3 is 2.43 bits per heavy atom. The first-order valence-corrected chi connectivity index (χ1v) is 7.01. The molecule has 0 heterocycles. The zero-order chi connectivity index (χ0) is 15.8. The molecule has 5 N–H and O–H groups in total. The molecular formula is C15H23N3O3. The van der Waals surface area contributed by atoms with E-state index in [0.29, 0.717) is 11.4 Å². The third kappa shape index (κ3) is 5.83. The van der Waals surface area contributed by atoms with Crippen LogP contribution in [0.25, 0.3) is 0 Å². The molecule has 0 saturated carbocycles. The van der Waals surface area contributed by atoms with Crippen molar-refractivity contribution in [3.8, 4) is 5.75 Å². The minimum atomic E-state index is -0.526. The number of primary amides is 1. The van der Waals surface area contributed by atoms with Crippen LogP contribution in [0.5, 0.6) is 5.75 Å². The maximum atomic E-state index is 11.9. The van der Waals surface area contributed by atoms with E-state index in [1.807, 2.05) is 13.8 Å². The van der Waals surface area contributed by atoms with E-state index in [0.717, 1.165) is 6.42 Å². The van der Waals surface area contributed by atoms with Crippen LogP contribution in [-0.4, -0.2) is 24.5 Å². The molecule has 6 nitrogen and oxygen atoms in total. The van der Waals surface area contributed by atoms with E-state index >= 15 is 0 Å². The van der Waals surface area contributed by atoms with Gasteiger partial charge < -0.3 is 21.5 Å². The van der Waals surface area contributed by atoms with Crippen LogP contribution in [0.1, 0.15) is 26.7 Å². The lowest BCUT2D eigenvalue weighted by atomic mass is 9.99. The van der Waals surface area contributed by atoms with Gasteiger partial charge in [-0.3, -0.25) is 9.59 Å². The largest absolute Gasteiger partial charge is 0.493 e. The average Bonchev–Trinajstić information content (AvgIpc) is 2.47. The highest BCUT2D eigenvalue weighted by Gasteiger charge is 2.19. The van der Waals surface area contributed by atoms with Crippen LogP contribution in [0, 0.1) is 5.92 Å². The van der Waals surface area contributed by atoms with Crippen LogP contribution in [0.3, 0.4) is 0 Å². The van der Waals surface area contributed by atoms with Gasteiger partial charge in [0.15, 0.2) is 0 Å². The normalized spacial score (nSPS) is 13.3. The van der Waals surface area contributed by atoms with Crippen molar-refractivity contribution in [1.29, 1.82) is 0 Å². The Morgan fingerprint density at radius 1 is 1.29 bits per heavy atom. The minimum Gasteiger partial charge on any atom is -0.493 e. The lowest BCUT2D eigenvalue weighted by Crippen LogP contribution is -2.40. The van der Waals surface area contributed by atoms with Gasteiger partial charge in [0, 0.05) is 5.69 Å². The van der Waals surface area contributed by atoms with Crippen molar-refractivity contribution in [2.24, 2.45) is 17.4 Å². The van der Waals surface area contributed by atoms with Crippen molar-refractivity contribution in [2.45, 2.75) is 32.7 Å². The number of nitrogens with one attached hydrogen (secondary N) is 1. The Kier molecular flexibility index (Phi) is 6.68. The number of hydrogen-bond donors (Lipinski definition) is 3. The number of nitrogens with two attached hydrogens (primary N) is 2. The molecular weight excluding hydrogens is 270 g/mol. The fourth-order valence-corrected chi connectivity index (χ4v) is 1.64. The lowest BCUT2D eigenvalue weighted by Gasteiger charge is -2.17. The summed E-state index contributed by atoms with van der Waals surface area (Å²) < 4.78 is 5.34. The smallest absolute Gasteiger partial charge is 0.241 e. The van der Waals surface area contributed by atoms with E-state index in [1.54, 1.807) is 24.3 Å². The fraction of sp³-hybridized carbons (Fsp3) is 0.467. The summed E-state index contributed by atoms with van der Waals surface area (Å²) >= 11 is 0. The summed E-state index contributed by atoms with van der Waals surface area (Å²) in [5.41, 5.74) is 11.5. The minimum absolute atomic E-state index is 0.126. The maximum absolute atomic E-state index is 11.9. The monoisotopic (exact) mass is 293 g/mol. The number of carbonyl (C=O) groups excluding carboxylic acids is 2. The Labute approximate surface area is 124 Å². The summed E-state index contributed by atoms with van der Waals surface area (Å²) in [4.78, 5) is 22.5. The molecule has 2 amide bonds. The van der Waals surface area contributed by atoms with Gasteiger partial charge in [0.1, 0.15) is 5.75 Å². The summed E-state index contributed by atoms with van der Waals surface area (Å²) in [6.45, 7) is 4.18. The molecule has 0 aliphatic carbocycles. The Bertz CT molecular complexity index is 474. The summed E-state index contributed by atoms with van der Waals surface area (Å²) in [5, 5.41) is 2.76. The number of amides is 2. The van der Waals surface area contributed by atoms with Crippen LogP contribution < -0.4 is 21.5 Å². The van der Waals surface area contributed by atoms with E-state index < -0.39 is 11.9 Å². The molecule has 0 radical (unpaired) electrons. The summed E-state index contributed by atoms with van der Waals surface area (Å²) in [6, 6.07) is 6.35. The van der Waals surface area contributed by atoms with E-state index in [4.69, 9.17) is 16.2 Å². The van der Waals surface area contributed by atoms with Crippen LogP contribution in [-0.2, 0) is 9.59 Å². The van der Waals surface area contributed by atoms with Crippen LogP contribution in [0.4, 0.5) is 5.69 Å². The Balaban J connectivity index is 2.50. The highest BCUT2D eigenvalue weighted by atomic mass is 16.5. The van der Waals surface area contributed by atoms with Gasteiger partial charge in [-0.25, -0.2) is 0 Å². The molecule has 0 bridgehead atoms. The van der Waals surface area contributed by atoms with Gasteiger partial charge in [-0.05, 0) is 30.2 Å². The van der Waals surface area contributed by atoms with Crippen LogP contribution in [0.2, 0.25) is 0 Å². The van der Waals surface area contributed by atoms with Gasteiger partial charge in [-0.1, -0.05) is 20.3 Å². The molecule has 0 saturated heterocycles. The molecule has 1 aromatic carbocycles. The molecule has 0 spiro atoms. The van der Waals surface area contributed by atoms with E-state index in [9.17, 15) is 9.59 Å². The van der Waals surface area contributed by atoms with Crippen molar-refractivity contribution in [2.75, 3.05) is 11.9 Å². The highest BCUT2D eigenvalue weighted by molar-refractivity contribution is 5.94. The van der Waals surface area contributed by atoms with Gasteiger partial charge in [0.05, 0.1) is 19.1 Å². The average molecular weight is 293 g/mol. The standard InChI is InChI=1S/C15H23N3O3/c1-3-10(2)14(17)15(20)18-11-4-6-12(7-5-11)21-9-8-13(16)19/h4-7,10,14H,3,8-9,17H2,1-2H3,(H2,16,19)(H,18,20)/t10?,14-/m0/s1. The molecule has 6 heteroatoms. The third-order valence-electron chi connectivity index (χ3n) is 3.30. The number of benzene rings is 1. The molecule has 1 unspecified atom stereocenters. The molecule has 0 aliphatic heterocycles. The lowest BCUT2D eigenvalue weighted by molar-refractivity contribution is -0.119. The van der Waals surface area contributed by atoms with Gasteiger partial charge in [0.25, 0.3) is 0 Å². The van der Waals surface area contributed by atoms with Gasteiger partial charge in [-0.2, -0.15) is 0 Å². The number of hydrogen-bond acceptors (Lipinski definition) is 4. The maximum Gasteiger partial charge on any atom is 0.241 e. The van der Waals surface area contributed by atoms with Crippen LogP contribution in [0.15, 0.2) is 24.3 Å². The SMILES string of the molecule is CCC(C)[C@H](N)C(=O)Nc1ccc(OCCC(N)=O)cc1. The van der Waals surface area contributed by atoms with Crippen LogP contribution >= 0.6 is 0 Å². The first kappa shape index (κ1) is 17.0. The zero-order valence-electron chi connectivity index (χ0n) is 12.5. The predicted octanol–water partition coefficient (Wildman–Crippen LogP) is 1.25. The van der Waals surface area contributed by atoms with Crippen molar-refractivity contribution >= 4 is 17.5 Å². The molecule has 1 rings (SSSR count). The molecule has 0 aromatic heterocycles. The summed E-state index contributed by atoms with van der Waals surface area (Å²) in [5.74, 6) is 0.131. The quantitative estimate of drug-likeness (QED) is 0.670. The van der Waals surface area contributed by atoms with Gasteiger partial charge in [-0.15, -0.1) is 0 Å². The topological polar surface area (TPSA) is 107 Å². The third-order valence-corrected chi connectivity index (χ3v) is 3.30. The van der Waals surface area contributed by atoms with Crippen molar-refractivity contribution in [3.05, 3.63) is 24.3 Å². The highest BCUT2D eigenvalue weighted by Crippen LogP contribution is 2.16. The summed E-state index contributed by atoms with van der Waals surface area (Å²) in [7, 11) is 0. The second-order valence-corrected chi connectivity index (χ2v) is 4.99. The second kappa shape index (κ2) is 8.26. The van der Waals surface area contributed by atoms with E-state index in [-0.39, 0.29) is 24.9 Å². The Hall–Kier alpha value is -2.08. The van der Waals surface area contributed by atoms with Crippen molar-refractivity contribution < 1.29 is 14.3 Å². The number of rotatable bonds is 8. The fourth-order valence-electron chi connectivity index (χ4n) is 1.64. The molecule has 116 valence electrons. The van der Waals surface area contributed by atoms with Crippen molar-refractivity contribution in [3.63, 3.8) is 0 Å². The summed E-state index contributed by atoms with van der Waals surface area (Å²) in [6.07, 6.45) is 1.02. The van der Waals surface area contributed by atoms with E-state index in [2.05, 4.69) is 5.32 Å². The zero-order valence-corrected chi connectivity index (χ0v) is 12.5. The predicted molar refractivity (Wildman–Crippen MR) is 81.8 cm³/mol. The Morgan fingerprint density at radius 2 is 1.90 bits per heavy atom. The molecule has 21 heavy (non-hydrogen) atoms. The number of carbonyl (C=O) groups is 2. The molecule has 0 aliphatic rings. The second-order valence-electron chi connectivity index (χ2n) is 4.99. The molecule has 1 aromatic rings.